The highest BCUT2D eigenvalue weighted by Gasteiger charge is 2.20. The van der Waals surface area contributed by atoms with Gasteiger partial charge in [-0.05, 0) is 61.0 Å². The topological polar surface area (TPSA) is 75.3 Å². The van der Waals surface area contributed by atoms with Crippen molar-refractivity contribution in [1.29, 1.82) is 0 Å². The van der Waals surface area contributed by atoms with Gasteiger partial charge in [0.25, 0.3) is 15.9 Å². The van der Waals surface area contributed by atoms with Gasteiger partial charge in [0.2, 0.25) is 0 Å². The molecule has 0 atom stereocenters. The number of nitrogens with one attached hydrogen (secondary N) is 2. The molecule has 3 aromatic carbocycles. The van der Waals surface area contributed by atoms with Crippen LogP contribution in [0, 0.1) is 18.6 Å². The Morgan fingerprint density at radius 2 is 1.62 bits per heavy atom. The molecule has 3 rings (SSSR count). The summed E-state index contributed by atoms with van der Waals surface area (Å²) in [6, 6.07) is 13.5. The maximum Gasteiger partial charge on any atom is 0.262 e. The third kappa shape index (κ3) is 4.72. The van der Waals surface area contributed by atoms with Gasteiger partial charge >= 0.3 is 0 Å². The van der Waals surface area contributed by atoms with Crippen LogP contribution in [-0.4, -0.2) is 14.3 Å². The number of hydrogen-bond donors (Lipinski definition) is 2. The minimum Gasteiger partial charge on any atom is -0.322 e. The Morgan fingerprint density at radius 1 is 0.966 bits per heavy atom. The summed E-state index contributed by atoms with van der Waals surface area (Å²) < 4.78 is 55.1. The molecule has 0 aliphatic rings. The van der Waals surface area contributed by atoms with Gasteiger partial charge in [-0.15, -0.1) is 0 Å². The van der Waals surface area contributed by atoms with E-state index in [4.69, 9.17) is 11.6 Å². The van der Waals surface area contributed by atoms with Crippen LogP contribution in [0.5, 0.6) is 0 Å². The summed E-state index contributed by atoms with van der Waals surface area (Å²) in [5.41, 5.74) is 0.362. The molecule has 1 amide bonds. The average Bonchev–Trinajstić information content (AvgIpc) is 2.67. The molecular weight excluding hydrogens is 422 g/mol. The number of hydrogen-bond acceptors (Lipinski definition) is 3. The Bertz CT molecular complexity index is 1180. The molecule has 0 saturated carbocycles. The van der Waals surface area contributed by atoms with Gasteiger partial charge in [0.05, 0.1) is 10.5 Å². The zero-order chi connectivity index (χ0) is 21.2. The van der Waals surface area contributed by atoms with Crippen LogP contribution in [0.25, 0.3) is 0 Å². The molecule has 0 aromatic heterocycles. The van der Waals surface area contributed by atoms with E-state index in [-0.39, 0.29) is 10.6 Å². The molecule has 150 valence electrons. The van der Waals surface area contributed by atoms with Crippen LogP contribution in [0.2, 0.25) is 5.02 Å². The maximum atomic E-state index is 13.8. The van der Waals surface area contributed by atoms with Crippen molar-refractivity contribution in [3.8, 4) is 0 Å². The minimum atomic E-state index is -3.97. The van der Waals surface area contributed by atoms with Crippen molar-refractivity contribution in [2.45, 2.75) is 11.8 Å². The fraction of sp³-hybridized carbons (Fsp3) is 0.0500. The first-order chi connectivity index (χ1) is 13.7. The van der Waals surface area contributed by atoms with Crippen LogP contribution >= 0.6 is 11.6 Å². The van der Waals surface area contributed by atoms with E-state index >= 15 is 0 Å². The van der Waals surface area contributed by atoms with E-state index in [1.54, 1.807) is 6.92 Å². The standard InChI is InChI=1S/C20H15ClF2N2O3S/c1-12-5-8-15(24-20(26)16-3-2-4-17(22)19(16)23)11-18(12)29(27,28)25-14-9-6-13(21)7-10-14/h2-11,25H,1H3,(H,24,26). The quantitative estimate of drug-likeness (QED) is 0.592. The lowest BCUT2D eigenvalue weighted by molar-refractivity contribution is 0.102. The third-order valence-electron chi connectivity index (χ3n) is 4.03. The Morgan fingerprint density at radius 3 is 2.31 bits per heavy atom. The van der Waals surface area contributed by atoms with Gasteiger partial charge in [0.15, 0.2) is 11.6 Å². The van der Waals surface area contributed by atoms with E-state index in [0.29, 0.717) is 16.3 Å². The summed E-state index contributed by atoms with van der Waals surface area (Å²) >= 11 is 5.80. The second kappa shape index (κ2) is 8.18. The molecule has 0 bridgehead atoms. The molecule has 0 unspecified atom stereocenters. The van der Waals surface area contributed by atoms with Crippen LogP contribution < -0.4 is 10.0 Å². The van der Waals surface area contributed by atoms with Crippen LogP contribution in [-0.2, 0) is 10.0 Å². The summed E-state index contributed by atoms with van der Waals surface area (Å²) in [6.07, 6.45) is 0. The lowest BCUT2D eigenvalue weighted by atomic mass is 10.1. The molecule has 5 nitrogen and oxygen atoms in total. The molecule has 0 fully saturated rings. The Balaban J connectivity index is 1.88. The average molecular weight is 437 g/mol. The van der Waals surface area contributed by atoms with Gasteiger partial charge in [-0.2, -0.15) is 0 Å². The number of benzene rings is 3. The summed E-state index contributed by atoms with van der Waals surface area (Å²) in [7, 11) is -3.97. The van der Waals surface area contributed by atoms with Crippen molar-refractivity contribution < 1.29 is 22.0 Å². The van der Waals surface area contributed by atoms with E-state index in [0.717, 1.165) is 12.1 Å². The van der Waals surface area contributed by atoms with E-state index in [1.165, 1.54) is 48.5 Å². The van der Waals surface area contributed by atoms with Crippen molar-refractivity contribution in [3.05, 3.63) is 88.4 Å². The molecule has 0 heterocycles. The number of rotatable bonds is 5. The van der Waals surface area contributed by atoms with Gasteiger partial charge in [0, 0.05) is 16.4 Å². The van der Waals surface area contributed by atoms with Gasteiger partial charge in [0.1, 0.15) is 0 Å². The van der Waals surface area contributed by atoms with Crippen LogP contribution in [0.3, 0.4) is 0 Å². The smallest absolute Gasteiger partial charge is 0.262 e. The largest absolute Gasteiger partial charge is 0.322 e. The number of amides is 1. The summed E-state index contributed by atoms with van der Waals surface area (Å²) in [5.74, 6) is -3.34. The molecule has 3 aromatic rings. The fourth-order valence-electron chi connectivity index (χ4n) is 2.57. The number of carbonyl (C=O) groups is 1. The van der Waals surface area contributed by atoms with Crippen molar-refractivity contribution in [3.63, 3.8) is 0 Å². The first kappa shape index (κ1) is 20.8. The van der Waals surface area contributed by atoms with Crippen LogP contribution in [0.15, 0.2) is 65.6 Å². The van der Waals surface area contributed by atoms with Gasteiger partial charge < -0.3 is 5.32 Å². The fourth-order valence-corrected chi connectivity index (χ4v) is 4.03. The Labute approximate surface area is 171 Å². The van der Waals surface area contributed by atoms with Crippen LogP contribution in [0.1, 0.15) is 15.9 Å². The zero-order valence-electron chi connectivity index (χ0n) is 15.0. The molecule has 0 aliphatic carbocycles. The van der Waals surface area contributed by atoms with E-state index in [9.17, 15) is 22.0 Å². The highest BCUT2D eigenvalue weighted by Crippen LogP contribution is 2.24. The predicted molar refractivity (Wildman–Crippen MR) is 108 cm³/mol. The SMILES string of the molecule is Cc1ccc(NC(=O)c2cccc(F)c2F)cc1S(=O)(=O)Nc1ccc(Cl)cc1. The number of sulfonamides is 1. The lowest BCUT2D eigenvalue weighted by Gasteiger charge is -2.13. The van der Waals surface area contributed by atoms with Gasteiger partial charge in [-0.3, -0.25) is 9.52 Å². The van der Waals surface area contributed by atoms with E-state index < -0.39 is 33.1 Å². The monoisotopic (exact) mass is 436 g/mol. The second-order valence-electron chi connectivity index (χ2n) is 6.15. The van der Waals surface area contributed by atoms with Crippen molar-refractivity contribution in [2.24, 2.45) is 0 Å². The normalized spacial score (nSPS) is 11.2. The summed E-state index contributed by atoms with van der Waals surface area (Å²) in [6.45, 7) is 1.59. The molecule has 0 radical (unpaired) electrons. The summed E-state index contributed by atoms with van der Waals surface area (Å²) in [4.78, 5) is 12.2. The molecule has 2 N–H and O–H groups in total. The molecular formula is C20H15ClF2N2O3S. The van der Waals surface area contributed by atoms with E-state index in [2.05, 4.69) is 10.0 Å². The van der Waals surface area contributed by atoms with Crippen molar-refractivity contribution in [1.82, 2.24) is 0 Å². The van der Waals surface area contributed by atoms with E-state index in [1.807, 2.05) is 0 Å². The molecule has 0 saturated heterocycles. The minimum absolute atomic E-state index is 0.0787. The third-order valence-corrected chi connectivity index (χ3v) is 5.80. The lowest BCUT2D eigenvalue weighted by Crippen LogP contribution is -2.17. The van der Waals surface area contributed by atoms with Crippen molar-refractivity contribution in [2.75, 3.05) is 10.0 Å². The Hall–Kier alpha value is -2.97. The first-order valence-corrected chi connectivity index (χ1v) is 10.2. The highest BCUT2D eigenvalue weighted by atomic mass is 35.5. The predicted octanol–water partition coefficient (Wildman–Crippen LogP) is 4.98. The molecule has 0 aliphatic heterocycles. The second-order valence-corrected chi connectivity index (χ2v) is 8.24. The van der Waals surface area contributed by atoms with Gasteiger partial charge in [-0.1, -0.05) is 23.7 Å². The zero-order valence-corrected chi connectivity index (χ0v) is 16.6. The molecule has 9 heteroatoms. The maximum absolute atomic E-state index is 13.8. The number of carbonyl (C=O) groups excluding carboxylic acids is 1. The number of halogens is 3. The molecule has 0 spiro atoms. The van der Waals surface area contributed by atoms with Crippen molar-refractivity contribution >= 4 is 38.9 Å². The molecule has 29 heavy (non-hydrogen) atoms. The Kier molecular flexibility index (Phi) is 5.86. The number of aryl methyl sites for hydroxylation is 1. The first-order valence-electron chi connectivity index (χ1n) is 8.32. The highest BCUT2D eigenvalue weighted by molar-refractivity contribution is 7.92. The van der Waals surface area contributed by atoms with Gasteiger partial charge in [-0.25, -0.2) is 17.2 Å². The van der Waals surface area contributed by atoms with Crippen LogP contribution in [0.4, 0.5) is 20.2 Å². The number of anilines is 2. The summed E-state index contributed by atoms with van der Waals surface area (Å²) in [5, 5.41) is 2.84.